The molecule has 4 heterocycles. The van der Waals surface area contributed by atoms with E-state index in [0.717, 1.165) is 5.56 Å². The summed E-state index contributed by atoms with van der Waals surface area (Å²) in [5.41, 5.74) is 2.60. The summed E-state index contributed by atoms with van der Waals surface area (Å²) in [7, 11) is -4.15. The van der Waals surface area contributed by atoms with E-state index in [2.05, 4.69) is 15.0 Å². The molecule has 5 rings (SSSR count). The summed E-state index contributed by atoms with van der Waals surface area (Å²) in [6.07, 6.45) is 0.802. The van der Waals surface area contributed by atoms with Gasteiger partial charge < -0.3 is 14.2 Å². The SMILES string of the molecule is CC1(C)O[C@@H]2[C@H](O1)[C@@H](COS(N)(=O)=O)O[C@H]2n1cnc2c(Cc3ccc(F)cc3)ncnc21. The largest absolute Gasteiger partial charge is 0.347 e. The molecule has 33 heavy (non-hydrogen) atoms. The third-order valence-corrected chi connectivity index (χ3v) is 5.98. The van der Waals surface area contributed by atoms with Crippen molar-refractivity contribution in [2.75, 3.05) is 6.61 Å². The van der Waals surface area contributed by atoms with Gasteiger partial charge >= 0.3 is 10.3 Å². The Morgan fingerprint density at radius 3 is 2.61 bits per heavy atom. The van der Waals surface area contributed by atoms with Crippen molar-refractivity contribution in [1.82, 2.24) is 19.5 Å². The summed E-state index contributed by atoms with van der Waals surface area (Å²) < 4.78 is 60.3. The molecule has 0 spiro atoms. The van der Waals surface area contributed by atoms with Crippen molar-refractivity contribution in [3.8, 4) is 0 Å². The van der Waals surface area contributed by atoms with Crippen LogP contribution in [-0.4, -0.2) is 58.6 Å². The zero-order valence-electron chi connectivity index (χ0n) is 17.8. The number of benzene rings is 1. The molecule has 2 N–H and O–H groups in total. The number of aromatic nitrogens is 4. The van der Waals surface area contributed by atoms with Gasteiger partial charge in [0.25, 0.3) is 0 Å². The third kappa shape index (κ3) is 4.47. The first kappa shape index (κ1) is 22.3. The zero-order chi connectivity index (χ0) is 23.4. The first-order valence-corrected chi connectivity index (χ1v) is 11.7. The van der Waals surface area contributed by atoms with Crippen molar-refractivity contribution in [2.24, 2.45) is 5.14 Å². The summed E-state index contributed by atoms with van der Waals surface area (Å²) in [6, 6.07) is 6.16. The Morgan fingerprint density at radius 1 is 1.15 bits per heavy atom. The molecule has 2 saturated heterocycles. The van der Waals surface area contributed by atoms with E-state index in [1.165, 1.54) is 18.5 Å². The van der Waals surface area contributed by atoms with Gasteiger partial charge in [-0.15, -0.1) is 0 Å². The summed E-state index contributed by atoms with van der Waals surface area (Å²) in [4.78, 5) is 13.2. The maximum atomic E-state index is 13.2. The average molecular weight is 479 g/mol. The first-order chi connectivity index (χ1) is 15.6. The second kappa shape index (κ2) is 8.04. The number of nitrogens with two attached hydrogens (primary N) is 1. The molecule has 1 aromatic carbocycles. The number of nitrogens with zero attached hydrogens (tertiary/aromatic N) is 4. The fourth-order valence-corrected chi connectivity index (χ4v) is 4.51. The number of ether oxygens (including phenoxy) is 3. The molecule has 0 saturated carbocycles. The minimum Gasteiger partial charge on any atom is -0.347 e. The van der Waals surface area contributed by atoms with Crippen LogP contribution in [0.25, 0.3) is 11.2 Å². The van der Waals surface area contributed by atoms with Crippen molar-refractivity contribution in [3.05, 3.63) is 54.0 Å². The second-order valence-corrected chi connectivity index (χ2v) is 9.58. The molecule has 0 radical (unpaired) electrons. The fraction of sp³-hybridized carbons (Fsp3) is 0.450. The van der Waals surface area contributed by atoms with Crippen LogP contribution in [0, 0.1) is 5.82 Å². The minimum absolute atomic E-state index is 0.313. The van der Waals surface area contributed by atoms with Crippen LogP contribution in [0.3, 0.4) is 0 Å². The highest BCUT2D eigenvalue weighted by atomic mass is 32.2. The number of halogens is 1. The Hall–Kier alpha value is -2.55. The third-order valence-electron chi connectivity index (χ3n) is 5.52. The molecule has 0 unspecified atom stereocenters. The van der Waals surface area contributed by atoms with Crippen molar-refractivity contribution in [1.29, 1.82) is 0 Å². The normalized spacial score (nSPS) is 26.7. The van der Waals surface area contributed by atoms with Gasteiger partial charge in [0.15, 0.2) is 17.7 Å². The molecular formula is C20H22FN5O6S. The number of hydrogen-bond acceptors (Lipinski definition) is 9. The molecule has 0 bridgehead atoms. The topological polar surface area (TPSA) is 141 Å². The summed E-state index contributed by atoms with van der Waals surface area (Å²) in [5.74, 6) is -1.22. The lowest BCUT2D eigenvalue weighted by Gasteiger charge is -2.24. The molecule has 2 aliphatic heterocycles. The number of rotatable bonds is 6. The van der Waals surface area contributed by atoms with Crippen molar-refractivity contribution < 1.29 is 31.2 Å². The summed E-state index contributed by atoms with van der Waals surface area (Å²) in [5, 5.41) is 4.97. The second-order valence-electron chi connectivity index (χ2n) is 8.35. The van der Waals surface area contributed by atoms with Crippen LogP contribution < -0.4 is 5.14 Å². The van der Waals surface area contributed by atoms with E-state index in [4.69, 9.17) is 23.5 Å². The molecule has 2 aromatic heterocycles. The number of imidazole rings is 1. The maximum Gasteiger partial charge on any atom is 0.333 e. The standard InChI is InChI=1S/C20H22FN5O6S/c1-20(2)31-16-14(8-29-33(22,27)28)30-19(17(16)32-20)26-10-25-15-13(23-9-24-18(15)26)7-11-3-5-12(21)6-4-11/h3-6,9-10,14,16-17,19H,7-8H2,1-2H3,(H2,22,27,28)/t14-,16-,17-,19-/m1/s1. The van der Waals surface area contributed by atoms with Crippen LogP contribution in [-0.2, 0) is 35.1 Å². The van der Waals surface area contributed by atoms with Gasteiger partial charge in [0.2, 0.25) is 0 Å². The van der Waals surface area contributed by atoms with Crippen LogP contribution in [0.5, 0.6) is 0 Å². The Morgan fingerprint density at radius 2 is 1.88 bits per heavy atom. The van der Waals surface area contributed by atoms with E-state index >= 15 is 0 Å². The van der Waals surface area contributed by atoms with Crippen molar-refractivity contribution >= 4 is 21.5 Å². The molecule has 11 nitrogen and oxygen atoms in total. The molecule has 4 atom stereocenters. The lowest BCUT2D eigenvalue weighted by molar-refractivity contribution is -0.198. The van der Waals surface area contributed by atoms with E-state index < -0.39 is 40.6 Å². The van der Waals surface area contributed by atoms with E-state index in [0.29, 0.717) is 23.3 Å². The van der Waals surface area contributed by atoms with E-state index in [-0.39, 0.29) is 12.4 Å². The molecule has 0 amide bonds. The van der Waals surface area contributed by atoms with E-state index in [1.54, 1.807) is 36.9 Å². The fourth-order valence-electron chi connectivity index (χ4n) is 4.19. The highest BCUT2D eigenvalue weighted by Gasteiger charge is 2.56. The van der Waals surface area contributed by atoms with Crippen LogP contribution in [0.2, 0.25) is 0 Å². The smallest absolute Gasteiger partial charge is 0.333 e. The molecule has 3 aromatic rings. The minimum atomic E-state index is -4.15. The van der Waals surface area contributed by atoms with Crippen LogP contribution in [0.1, 0.15) is 31.3 Å². The van der Waals surface area contributed by atoms with Crippen molar-refractivity contribution in [3.63, 3.8) is 0 Å². The van der Waals surface area contributed by atoms with Crippen LogP contribution in [0.4, 0.5) is 4.39 Å². The first-order valence-electron chi connectivity index (χ1n) is 10.2. The predicted octanol–water partition coefficient (Wildman–Crippen LogP) is 1.19. The van der Waals surface area contributed by atoms with Gasteiger partial charge in [-0.2, -0.15) is 8.42 Å². The Labute approximate surface area is 188 Å². The van der Waals surface area contributed by atoms with Crippen LogP contribution >= 0.6 is 0 Å². The lowest BCUT2D eigenvalue weighted by Crippen LogP contribution is -2.34. The number of fused-ring (bicyclic) bond motifs is 2. The number of hydrogen-bond donors (Lipinski definition) is 1. The van der Waals surface area contributed by atoms with E-state index in [1.807, 2.05) is 0 Å². The molecule has 2 aliphatic rings. The van der Waals surface area contributed by atoms with Crippen molar-refractivity contribution in [2.45, 2.75) is 50.6 Å². The monoisotopic (exact) mass is 479 g/mol. The van der Waals surface area contributed by atoms with E-state index in [9.17, 15) is 12.8 Å². The predicted molar refractivity (Wildman–Crippen MR) is 111 cm³/mol. The van der Waals surface area contributed by atoms with Crippen LogP contribution in [0.15, 0.2) is 36.9 Å². The maximum absolute atomic E-state index is 13.2. The quantitative estimate of drug-likeness (QED) is 0.552. The molecular weight excluding hydrogens is 457 g/mol. The Balaban J connectivity index is 1.46. The Bertz CT molecular complexity index is 1280. The van der Waals surface area contributed by atoms with Gasteiger partial charge in [0.1, 0.15) is 36.0 Å². The molecule has 13 heteroatoms. The summed E-state index contributed by atoms with van der Waals surface area (Å²) >= 11 is 0. The van der Waals surface area contributed by atoms with Gasteiger partial charge in [-0.05, 0) is 31.5 Å². The van der Waals surface area contributed by atoms with Gasteiger partial charge in [0, 0.05) is 6.42 Å². The van der Waals surface area contributed by atoms with Gasteiger partial charge in [-0.25, -0.2) is 24.5 Å². The van der Waals surface area contributed by atoms with Gasteiger partial charge in [-0.1, -0.05) is 12.1 Å². The van der Waals surface area contributed by atoms with Gasteiger partial charge in [0.05, 0.1) is 18.6 Å². The molecule has 0 aliphatic carbocycles. The lowest BCUT2D eigenvalue weighted by atomic mass is 10.1. The Kier molecular flexibility index (Phi) is 5.42. The molecule has 176 valence electrons. The summed E-state index contributed by atoms with van der Waals surface area (Å²) in [6.45, 7) is 3.19. The highest BCUT2D eigenvalue weighted by Crippen LogP contribution is 2.43. The van der Waals surface area contributed by atoms with Gasteiger partial charge in [-0.3, -0.25) is 8.75 Å². The molecule has 2 fully saturated rings. The highest BCUT2D eigenvalue weighted by molar-refractivity contribution is 7.84. The average Bonchev–Trinajstić information content (AvgIpc) is 3.39. The zero-order valence-corrected chi connectivity index (χ0v) is 18.6.